The van der Waals surface area contributed by atoms with Gasteiger partial charge in [0.15, 0.2) is 0 Å². The van der Waals surface area contributed by atoms with Crippen LogP contribution in [-0.4, -0.2) is 28.8 Å². The molecule has 122 valence electrons. The number of nitrogens with zero attached hydrogens (tertiary/aromatic N) is 2. The first-order valence-corrected chi connectivity index (χ1v) is 8.02. The van der Waals surface area contributed by atoms with Crippen LogP contribution in [0.1, 0.15) is 23.6 Å². The first-order chi connectivity index (χ1) is 11.2. The van der Waals surface area contributed by atoms with Crippen molar-refractivity contribution in [2.24, 2.45) is 13.0 Å². The molecule has 2 aromatic rings. The quantitative estimate of drug-likeness (QED) is 0.694. The molecule has 23 heavy (non-hydrogen) atoms. The van der Waals surface area contributed by atoms with Crippen LogP contribution in [0.4, 0.5) is 0 Å². The summed E-state index contributed by atoms with van der Waals surface area (Å²) in [6, 6.07) is 10.1. The lowest BCUT2D eigenvalue weighted by molar-refractivity contribution is -0.124. The van der Waals surface area contributed by atoms with Crippen LogP contribution >= 0.6 is 0 Å². The Morgan fingerprint density at radius 2 is 2.22 bits per heavy atom. The van der Waals surface area contributed by atoms with Crippen LogP contribution in [0.3, 0.4) is 0 Å². The van der Waals surface area contributed by atoms with Crippen LogP contribution in [0.15, 0.2) is 42.7 Å². The molecule has 1 fully saturated rings. The van der Waals surface area contributed by atoms with Crippen molar-refractivity contribution in [1.29, 1.82) is 0 Å². The topological polar surface area (TPSA) is 71.0 Å². The zero-order valence-corrected chi connectivity index (χ0v) is 13.3. The Labute approximate surface area is 136 Å². The first-order valence-electron chi connectivity index (χ1n) is 8.02. The molecule has 1 aromatic carbocycles. The molecule has 3 rings (SSSR count). The molecule has 2 atom stereocenters. The number of aryl methyl sites for hydroxylation is 2. The summed E-state index contributed by atoms with van der Waals surface area (Å²) in [6.45, 7) is 1.33. The summed E-state index contributed by atoms with van der Waals surface area (Å²) in [5.74, 6) is 0.0123. The van der Waals surface area contributed by atoms with Crippen molar-refractivity contribution in [3.8, 4) is 0 Å². The highest BCUT2D eigenvalue weighted by molar-refractivity contribution is 5.80. The first kappa shape index (κ1) is 15.7. The number of rotatable bonds is 6. The van der Waals surface area contributed by atoms with Gasteiger partial charge in [-0.05, 0) is 24.0 Å². The minimum Gasteiger partial charge on any atom is -0.356 e. The maximum Gasteiger partial charge on any atom is 0.226 e. The second-order valence-corrected chi connectivity index (χ2v) is 5.94. The summed E-state index contributed by atoms with van der Waals surface area (Å²) in [5, 5.41) is 7.21. The number of carbonyl (C=O) groups is 1. The van der Waals surface area contributed by atoms with E-state index in [0.717, 1.165) is 18.4 Å². The lowest BCUT2D eigenvalue weighted by atomic mass is 9.94. The lowest BCUT2D eigenvalue weighted by Crippen LogP contribution is -2.35. The Balaban J connectivity index is 1.47. The smallest absolute Gasteiger partial charge is 0.226 e. The molecule has 0 bridgehead atoms. The van der Waals surface area contributed by atoms with Crippen LogP contribution in [-0.2, 0) is 18.3 Å². The van der Waals surface area contributed by atoms with E-state index in [9.17, 15) is 4.79 Å². The van der Waals surface area contributed by atoms with E-state index in [1.165, 1.54) is 5.56 Å². The van der Waals surface area contributed by atoms with E-state index >= 15 is 0 Å². The highest BCUT2D eigenvalue weighted by Crippen LogP contribution is 2.24. The van der Waals surface area contributed by atoms with Gasteiger partial charge < -0.3 is 5.32 Å². The van der Waals surface area contributed by atoms with Gasteiger partial charge in [0.2, 0.25) is 5.91 Å². The molecule has 0 saturated carbocycles. The number of amides is 1. The van der Waals surface area contributed by atoms with Crippen LogP contribution in [0.2, 0.25) is 0 Å². The molecule has 1 aliphatic heterocycles. The van der Waals surface area contributed by atoms with Gasteiger partial charge in [-0.15, -0.1) is 0 Å². The molecule has 0 radical (unpaired) electrons. The minimum absolute atomic E-state index is 0.0227. The minimum atomic E-state index is -0.0872. The summed E-state index contributed by atoms with van der Waals surface area (Å²) in [7, 11) is 1.91. The Bertz CT molecular complexity index is 639. The van der Waals surface area contributed by atoms with Crippen molar-refractivity contribution < 1.29 is 4.79 Å². The van der Waals surface area contributed by atoms with Crippen molar-refractivity contribution in [2.75, 3.05) is 13.1 Å². The van der Waals surface area contributed by atoms with Gasteiger partial charge in [0, 0.05) is 26.3 Å². The number of nitrogens with one attached hydrogen (secondary N) is 3. The summed E-state index contributed by atoms with van der Waals surface area (Å²) < 4.78 is 1.80. The lowest BCUT2D eigenvalue weighted by Gasteiger charge is -2.18. The summed E-state index contributed by atoms with van der Waals surface area (Å²) in [5.41, 5.74) is 8.63. The molecule has 3 N–H and O–H groups in total. The zero-order chi connectivity index (χ0) is 16.1. The number of benzene rings is 1. The van der Waals surface area contributed by atoms with Gasteiger partial charge in [0.05, 0.1) is 18.2 Å². The molecule has 6 nitrogen and oxygen atoms in total. The van der Waals surface area contributed by atoms with E-state index in [-0.39, 0.29) is 17.9 Å². The Morgan fingerprint density at radius 3 is 2.96 bits per heavy atom. The van der Waals surface area contributed by atoms with Crippen LogP contribution < -0.4 is 16.2 Å². The maximum atomic E-state index is 12.4. The van der Waals surface area contributed by atoms with E-state index in [1.54, 1.807) is 4.68 Å². The monoisotopic (exact) mass is 313 g/mol. The molecule has 1 aliphatic rings. The van der Waals surface area contributed by atoms with Crippen molar-refractivity contribution in [3.63, 3.8) is 0 Å². The van der Waals surface area contributed by atoms with Gasteiger partial charge >= 0.3 is 0 Å². The summed E-state index contributed by atoms with van der Waals surface area (Å²) in [4.78, 5) is 12.4. The van der Waals surface area contributed by atoms with E-state index in [1.807, 2.05) is 49.8 Å². The van der Waals surface area contributed by atoms with E-state index in [0.29, 0.717) is 13.1 Å². The highest BCUT2D eigenvalue weighted by Gasteiger charge is 2.33. The van der Waals surface area contributed by atoms with Crippen molar-refractivity contribution in [3.05, 3.63) is 53.9 Å². The number of carbonyl (C=O) groups excluding carboxylic acids is 1. The molecule has 1 aromatic heterocycles. The average molecular weight is 313 g/mol. The number of aromatic nitrogens is 2. The Morgan fingerprint density at radius 1 is 1.39 bits per heavy atom. The molecular formula is C17H23N5O. The molecule has 6 heteroatoms. The highest BCUT2D eigenvalue weighted by atomic mass is 16.2. The zero-order valence-electron chi connectivity index (χ0n) is 13.3. The molecular weight excluding hydrogens is 290 g/mol. The third-order valence-corrected chi connectivity index (χ3v) is 4.18. The van der Waals surface area contributed by atoms with Crippen LogP contribution in [0.25, 0.3) is 0 Å². The second kappa shape index (κ2) is 7.39. The van der Waals surface area contributed by atoms with Gasteiger partial charge in [-0.3, -0.25) is 14.9 Å². The second-order valence-electron chi connectivity index (χ2n) is 5.94. The maximum absolute atomic E-state index is 12.4. The van der Waals surface area contributed by atoms with E-state index < -0.39 is 0 Å². The Hall–Kier alpha value is -2.18. The van der Waals surface area contributed by atoms with Gasteiger partial charge in [0.1, 0.15) is 0 Å². The van der Waals surface area contributed by atoms with E-state index in [4.69, 9.17) is 0 Å². The number of hydrazine groups is 1. The molecule has 0 spiro atoms. The van der Waals surface area contributed by atoms with Gasteiger partial charge in [-0.2, -0.15) is 5.10 Å². The normalized spacial score (nSPS) is 20.6. The van der Waals surface area contributed by atoms with Gasteiger partial charge in [0.25, 0.3) is 0 Å². The fourth-order valence-electron chi connectivity index (χ4n) is 2.95. The van der Waals surface area contributed by atoms with Crippen LogP contribution in [0.5, 0.6) is 0 Å². The standard InChI is InChI=1S/C17H23N5O/c1-22-12-13(10-20-22)6-5-9-18-17(23)15-11-19-21-16(15)14-7-3-2-4-8-14/h2-4,7-8,10,12,15-16,19,21H,5-6,9,11H2,1H3,(H,18,23). The summed E-state index contributed by atoms with van der Waals surface area (Å²) in [6.07, 6.45) is 5.73. The Kier molecular flexibility index (Phi) is 5.05. The fraction of sp³-hybridized carbons (Fsp3) is 0.412. The third kappa shape index (κ3) is 3.97. The average Bonchev–Trinajstić information content (AvgIpc) is 3.21. The van der Waals surface area contributed by atoms with Gasteiger partial charge in [-0.1, -0.05) is 30.3 Å². The largest absolute Gasteiger partial charge is 0.356 e. The molecule has 1 amide bonds. The van der Waals surface area contributed by atoms with Crippen molar-refractivity contribution in [1.82, 2.24) is 25.9 Å². The van der Waals surface area contributed by atoms with E-state index in [2.05, 4.69) is 21.3 Å². The number of hydrogen-bond acceptors (Lipinski definition) is 4. The fourth-order valence-corrected chi connectivity index (χ4v) is 2.95. The molecule has 0 aliphatic carbocycles. The third-order valence-electron chi connectivity index (χ3n) is 4.18. The predicted molar refractivity (Wildman–Crippen MR) is 88.4 cm³/mol. The van der Waals surface area contributed by atoms with Crippen molar-refractivity contribution in [2.45, 2.75) is 18.9 Å². The van der Waals surface area contributed by atoms with Crippen LogP contribution in [0, 0.1) is 5.92 Å². The SMILES string of the molecule is Cn1cc(CCCNC(=O)C2CNNC2c2ccccc2)cn1. The molecule has 2 heterocycles. The van der Waals surface area contributed by atoms with Crippen molar-refractivity contribution >= 4 is 5.91 Å². The molecule has 2 unspecified atom stereocenters. The molecule has 1 saturated heterocycles. The number of hydrogen-bond donors (Lipinski definition) is 3. The summed E-state index contributed by atoms with van der Waals surface area (Å²) >= 11 is 0. The van der Waals surface area contributed by atoms with Gasteiger partial charge in [-0.25, -0.2) is 5.43 Å². The predicted octanol–water partition coefficient (Wildman–Crippen LogP) is 0.934.